The Balaban J connectivity index is 1.53. The van der Waals surface area contributed by atoms with Gasteiger partial charge in [0.2, 0.25) is 0 Å². The lowest BCUT2D eigenvalue weighted by atomic mass is 10.1. The molecule has 0 spiro atoms. The summed E-state index contributed by atoms with van der Waals surface area (Å²) in [6.07, 6.45) is 6.25. The van der Waals surface area contributed by atoms with Crippen LogP contribution in [0.4, 0.5) is 0 Å². The van der Waals surface area contributed by atoms with Gasteiger partial charge in [0.25, 0.3) is 0 Å². The molecule has 0 aliphatic rings. The Morgan fingerprint density at radius 1 is 1.00 bits per heavy atom. The molecule has 0 saturated carbocycles. The van der Waals surface area contributed by atoms with Gasteiger partial charge in [-0.15, -0.1) is 0 Å². The zero-order chi connectivity index (χ0) is 18.8. The summed E-state index contributed by atoms with van der Waals surface area (Å²) in [5.41, 5.74) is 0.630. The fourth-order valence-electron chi connectivity index (χ4n) is 2.52. The lowest BCUT2D eigenvalue weighted by Crippen LogP contribution is -2.06. The second-order valence-corrected chi connectivity index (χ2v) is 6.34. The van der Waals surface area contributed by atoms with Crippen LogP contribution >= 0.6 is 0 Å². The van der Waals surface area contributed by atoms with E-state index in [0.717, 1.165) is 43.9 Å². The number of ether oxygens (including phenoxy) is 2. The number of fused-ring (bicyclic) bond motifs is 1. The third-order valence-electron chi connectivity index (χ3n) is 3.98. The normalized spacial score (nSPS) is 10.7. The Hall–Kier alpha value is -2.56. The maximum Gasteiger partial charge on any atom is 0.336 e. The van der Waals surface area contributed by atoms with E-state index in [0.29, 0.717) is 30.1 Å². The average molecular weight is 358 g/mol. The zero-order valence-corrected chi connectivity index (χ0v) is 15.3. The smallest absolute Gasteiger partial charge is 0.336 e. The van der Waals surface area contributed by atoms with Crippen molar-refractivity contribution in [3.8, 4) is 5.75 Å². The van der Waals surface area contributed by atoms with E-state index in [4.69, 9.17) is 13.9 Å². The van der Waals surface area contributed by atoms with E-state index in [1.807, 2.05) is 12.1 Å². The molecule has 1 aromatic carbocycles. The van der Waals surface area contributed by atoms with Crippen molar-refractivity contribution in [3.63, 3.8) is 0 Å². The van der Waals surface area contributed by atoms with Crippen LogP contribution < -0.4 is 10.4 Å². The van der Waals surface area contributed by atoms with E-state index in [-0.39, 0.29) is 11.6 Å². The summed E-state index contributed by atoms with van der Waals surface area (Å²) < 4.78 is 15.9. The number of esters is 1. The molecule has 0 aliphatic heterocycles. The summed E-state index contributed by atoms with van der Waals surface area (Å²) in [4.78, 5) is 22.4. The van der Waals surface area contributed by atoms with Crippen LogP contribution in [0, 0.1) is 0 Å². The van der Waals surface area contributed by atoms with Crippen LogP contribution in [-0.2, 0) is 9.53 Å². The van der Waals surface area contributed by atoms with Crippen molar-refractivity contribution in [1.29, 1.82) is 0 Å². The van der Waals surface area contributed by atoms with Crippen LogP contribution in [-0.4, -0.2) is 19.2 Å². The van der Waals surface area contributed by atoms with E-state index in [1.54, 1.807) is 19.1 Å². The largest absolute Gasteiger partial charge is 0.493 e. The molecule has 5 nitrogen and oxygen atoms in total. The maximum atomic E-state index is 11.2. The highest BCUT2D eigenvalue weighted by molar-refractivity contribution is 5.86. The first-order valence-electron chi connectivity index (χ1n) is 9.05. The molecular weight excluding hydrogens is 332 g/mol. The second kappa shape index (κ2) is 10.4. The third kappa shape index (κ3) is 6.75. The van der Waals surface area contributed by atoms with Crippen LogP contribution in [0.15, 0.2) is 51.7 Å². The lowest BCUT2D eigenvalue weighted by Gasteiger charge is -2.07. The third-order valence-corrected chi connectivity index (χ3v) is 3.98. The van der Waals surface area contributed by atoms with E-state index in [2.05, 4.69) is 6.58 Å². The summed E-state index contributed by atoms with van der Waals surface area (Å²) in [6, 6.07) is 8.67. The van der Waals surface area contributed by atoms with Gasteiger partial charge in [0.15, 0.2) is 0 Å². The van der Waals surface area contributed by atoms with Gasteiger partial charge in [-0.1, -0.05) is 32.3 Å². The molecule has 0 amide bonds. The number of carbonyl (C=O) groups is 1. The first-order chi connectivity index (χ1) is 12.6. The van der Waals surface area contributed by atoms with Gasteiger partial charge in [0, 0.05) is 23.1 Å². The molecule has 2 rings (SSSR count). The number of rotatable bonds is 11. The van der Waals surface area contributed by atoms with Crippen molar-refractivity contribution in [2.24, 2.45) is 0 Å². The van der Waals surface area contributed by atoms with Crippen LogP contribution in [0.1, 0.15) is 45.4 Å². The fraction of sp³-hybridized carbons (Fsp3) is 0.429. The predicted octanol–water partition coefficient (Wildman–Crippen LogP) is 4.63. The van der Waals surface area contributed by atoms with Crippen LogP contribution in [0.3, 0.4) is 0 Å². The van der Waals surface area contributed by atoms with Gasteiger partial charge < -0.3 is 13.9 Å². The number of hydrogen-bond donors (Lipinski definition) is 0. The molecule has 140 valence electrons. The molecule has 1 heterocycles. The van der Waals surface area contributed by atoms with Crippen molar-refractivity contribution in [3.05, 3.63) is 52.9 Å². The van der Waals surface area contributed by atoms with E-state index < -0.39 is 0 Å². The SMILES string of the molecule is C=C(C)C(=O)OCCCCCCCCOc1ccc2ccc(=O)oc2c1. The lowest BCUT2D eigenvalue weighted by molar-refractivity contribution is -0.139. The summed E-state index contributed by atoms with van der Waals surface area (Å²) >= 11 is 0. The Morgan fingerprint density at radius 3 is 2.38 bits per heavy atom. The molecule has 5 heteroatoms. The van der Waals surface area contributed by atoms with Gasteiger partial charge in [0.05, 0.1) is 13.2 Å². The number of hydrogen-bond acceptors (Lipinski definition) is 5. The number of benzene rings is 1. The molecule has 0 N–H and O–H groups in total. The monoisotopic (exact) mass is 358 g/mol. The van der Waals surface area contributed by atoms with Crippen LogP contribution in [0.2, 0.25) is 0 Å². The highest BCUT2D eigenvalue weighted by atomic mass is 16.5. The van der Waals surface area contributed by atoms with Gasteiger partial charge in [-0.25, -0.2) is 9.59 Å². The maximum absolute atomic E-state index is 11.2. The molecule has 0 radical (unpaired) electrons. The van der Waals surface area contributed by atoms with Gasteiger partial charge >= 0.3 is 11.6 Å². The van der Waals surface area contributed by atoms with Gasteiger partial charge in [-0.2, -0.15) is 0 Å². The Morgan fingerprint density at radius 2 is 1.65 bits per heavy atom. The second-order valence-electron chi connectivity index (χ2n) is 6.34. The Labute approximate surface area is 153 Å². The molecule has 0 saturated heterocycles. The Bertz CT molecular complexity index is 790. The van der Waals surface area contributed by atoms with Crippen molar-refractivity contribution in [1.82, 2.24) is 0 Å². The minimum atomic E-state index is -0.357. The van der Waals surface area contributed by atoms with Gasteiger partial charge in [-0.05, 0) is 38.0 Å². The molecular formula is C21H26O5. The molecule has 0 atom stereocenters. The van der Waals surface area contributed by atoms with E-state index in [9.17, 15) is 9.59 Å². The average Bonchev–Trinajstić information content (AvgIpc) is 2.62. The van der Waals surface area contributed by atoms with Crippen molar-refractivity contribution >= 4 is 16.9 Å². The van der Waals surface area contributed by atoms with E-state index in [1.165, 1.54) is 6.07 Å². The first-order valence-corrected chi connectivity index (χ1v) is 9.05. The molecule has 2 aromatic rings. The Kier molecular flexibility index (Phi) is 7.93. The standard InChI is InChI=1S/C21H26O5/c1-16(2)21(23)25-14-8-6-4-3-5-7-13-24-18-11-9-17-10-12-20(22)26-19(17)15-18/h9-12,15H,1,3-8,13-14H2,2H3. The molecule has 1 aromatic heterocycles. The zero-order valence-electron chi connectivity index (χ0n) is 15.3. The summed E-state index contributed by atoms with van der Waals surface area (Å²) in [7, 11) is 0. The molecule has 0 unspecified atom stereocenters. The highest BCUT2D eigenvalue weighted by Gasteiger charge is 2.02. The predicted molar refractivity (Wildman–Crippen MR) is 101 cm³/mol. The fourth-order valence-corrected chi connectivity index (χ4v) is 2.52. The van der Waals surface area contributed by atoms with Crippen molar-refractivity contribution < 1.29 is 18.7 Å². The minimum Gasteiger partial charge on any atom is -0.493 e. The summed E-state index contributed by atoms with van der Waals surface area (Å²) in [5, 5.41) is 0.880. The molecule has 0 bridgehead atoms. The molecule has 0 fully saturated rings. The van der Waals surface area contributed by atoms with Crippen LogP contribution in [0.25, 0.3) is 11.0 Å². The summed E-state index contributed by atoms with van der Waals surface area (Å²) in [5.74, 6) is 0.404. The van der Waals surface area contributed by atoms with Crippen LogP contribution in [0.5, 0.6) is 5.75 Å². The molecule has 0 aliphatic carbocycles. The van der Waals surface area contributed by atoms with Gasteiger partial charge in [0.1, 0.15) is 11.3 Å². The summed E-state index contributed by atoms with van der Waals surface area (Å²) in [6.45, 7) is 6.30. The minimum absolute atomic E-state index is 0.310. The van der Waals surface area contributed by atoms with E-state index >= 15 is 0 Å². The molecule has 26 heavy (non-hydrogen) atoms. The van der Waals surface area contributed by atoms with Crippen molar-refractivity contribution in [2.45, 2.75) is 45.4 Å². The topological polar surface area (TPSA) is 65.7 Å². The number of carbonyl (C=O) groups excluding carboxylic acids is 1. The highest BCUT2D eigenvalue weighted by Crippen LogP contribution is 2.19. The van der Waals surface area contributed by atoms with Crippen molar-refractivity contribution in [2.75, 3.05) is 13.2 Å². The quantitative estimate of drug-likeness (QED) is 0.253. The number of unbranched alkanes of at least 4 members (excludes halogenated alkanes) is 5. The van der Waals surface area contributed by atoms with Gasteiger partial charge in [-0.3, -0.25) is 0 Å². The first kappa shape index (κ1) is 19.8.